The zero-order chi connectivity index (χ0) is 24.1. The number of aromatic hydroxyl groups is 1. The Morgan fingerprint density at radius 1 is 0.971 bits per heavy atom. The fourth-order valence-electron chi connectivity index (χ4n) is 5.23. The Morgan fingerprint density at radius 2 is 1.54 bits per heavy atom. The van der Waals surface area contributed by atoms with E-state index in [1.165, 1.54) is 37.7 Å². The maximum atomic E-state index is 12.6. The summed E-state index contributed by atoms with van der Waals surface area (Å²) in [6, 6.07) is 17.5. The van der Waals surface area contributed by atoms with Crippen LogP contribution in [0.1, 0.15) is 83.1 Å². The van der Waals surface area contributed by atoms with E-state index in [1.54, 1.807) is 30.5 Å². The van der Waals surface area contributed by atoms with Gasteiger partial charge in [0.2, 0.25) is 0 Å². The standard InChI is InChI=1S/C22H32O2.C6H5O.CH4S.CH3.K/c1-3-16(4-2)18-11-13-21(14-12-18)24-22(23)20-10-9-17-7-5-6-8-19(17)15-20;7-6-4-2-1-3-5-6;1-2;;/h11-14,16-17,19-20H,3-10,15H2,1-2H3;2-5,7H;2H,1H3;1H3;/q;-1;;-1;+1/p-1. The summed E-state index contributed by atoms with van der Waals surface area (Å²) in [5.41, 5.74) is 1.35. The molecule has 2 aromatic carbocycles. The van der Waals surface area contributed by atoms with Crippen LogP contribution in [0.15, 0.2) is 48.5 Å². The molecule has 0 heterocycles. The van der Waals surface area contributed by atoms with Crippen molar-refractivity contribution in [3.63, 3.8) is 0 Å². The summed E-state index contributed by atoms with van der Waals surface area (Å²) < 4.78 is 5.70. The van der Waals surface area contributed by atoms with Gasteiger partial charge in [0.15, 0.2) is 0 Å². The molecule has 0 spiro atoms. The van der Waals surface area contributed by atoms with E-state index in [9.17, 15) is 4.79 Å². The van der Waals surface area contributed by atoms with Crippen molar-refractivity contribution in [3.8, 4) is 11.5 Å². The fraction of sp³-hybridized carbons (Fsp3) is 0.533. The number of esters is 1. The van der Waals surface area contributed by atoms with E-state index in [-0.39, 0.29) is 70.7 Å². The van der Waals surface area contributed by atoms with Gasteiger partial charge in [0.05, 0.1) is 5.92 Å². The number of benzene rings is 2. The van der Waals surface area contributed by atoms with Crippen molar-refractivity contribution >= 4 is 18.6 Å². The van der Waals surface area contributed by atoms with Crippen molar-refractivity contribution in [1.29, 1.82) is 0 Å². The van der Waals surface area contributed by atoms with E-state index in [2.05, 4.69) is 44.7 Å². The second-order valence-electron chi connectivity index (χ2n) is 9.08. The Bertz CT molecular complexity index is 793. The van der Waals surface area contributed by atoms with Crippen LogP contribution in [-0.4, -0.2) is 17.3 Å². The largest absolute Gasteiger partial charge is 1.00 e. The second kappa shape index (κ2) is 19.8. The molecule has 35 heavy (non-hydrogen) atoms. The van der Waals surface area contributed by atoms with Crippen molar-refractivity contribution in [2.24, 2.45) is 17.8 Å². The van der Waals surface area contributed by atoms with Crippen LogP contribution in [0.4, 0.5) is 0 Å². The molecule has 190 valence electrons. The summed E-state index contributed by atoms with van der Waals surface area (Å²) in [6.45, 7) is 4.45. The Labute approximate surface area is 262 Å². The van der Waals surface area contributed by atoms with Gasteiger partial charge >= 0.3 is 57.4 Å². The van der Waals surface area contributed by atoms with Crippen LogP contribution in [0.3, 0.4) is 0 Å². The Hall–Kier alpha value is -0.304. The molecule has 2 fully saturated rings. The molecule has 2 aromatic rings. The first-order valence-electron chi connectivity index (χ1n) is 12.5. The predicted octanol–water partition coefficient (Wildman–Crippen LogP) is 4.91. The van der Waals surface area contributed by atoms with E-state index in [4.69, 9.17) is 9.84 Å². The molecule has 2 aliphatic carbocycles. The van der Waals surface area contributed by atoms with Crippen LogP contribution in [-0.2, 0) is 17.4 Å². The molecule has 0 aromatic heterocycles. The average Bonchev–Trinajstić information content (AvgIpc) is 2.87. The molecule has 0 radical (unpaired) electrons. The van der Waals surface area contributed by atoms with Gasteiger partial charge in [-0.3, -0.25) is 4.79 Å². The molecule has 4 rings (SSSR count). The summed E-state index contributed by atoms with van der Waals surface area (Å²) >= 11 is 4.08. The quantitative estimate of drug-likeness (QED) is 0.199. The van der Waals surface area contributed by atoms with Crippen molar-refractivity contribution in [3.05, 3.63) is 67.6 Å². The van der Waals surface area contributed by atoms with E-state index in [1.807, 2.05) is 12.1 Å². The SMILES string of the molecule is CCC(CC)c1ccc(OC(=O)C2CCC3CCCCC3C2)cc1.C[S-].Oc1cc[c-]cc1.[CH3-].[K+]. The van der Waals surface area contributed by atoms with Crippen molar-refractivity contribution in [1.82, 2.24) is 0 Å². The maximum Gasteiger partial charge on any atom is 1.00 e. The number of phenols is 1. The minimum absolute atomic E-state index is 0. The van der Waals surface area contributed by atoms with Crippen LogP contribution in [0, 0.1) is 31.2 Å². The second-order valence-corrected chi connectivity index (χ2v) is 9.08. The van der Waals surface area contributed by atoms with Gasteiger partial charge in [-0.25, -0.2) is 0 Å². The Kier molecular flexibility index (Phi) is 19.6. The molecule has 0 saturated heterocycles. The first-order valence-corrected chi connectivity index (χ1v) is 13.3. The van der Waals surface area contributed by atoms with Crippen molar-refractivity contribution < 1.29 is 66.0 Å². The molecule has 0 aliphatic heterocycles. The molecule has 3 nitrogen and oxygen atoms in total. The number of ether oxygens (including phenoxy) is 1. The summed E-state index contributed by atoms with van der Waals surface area (Å²) in [7, 11) is 0. The van der Waals surface area contributed by atoms with Gasteiger partial charge in [0.1, 0.15) is 5.75 Å². The molecule has 5 heteroatoms. The van der Waals surface area contributed by atoms with E-state index in [0.717, 1.165) is 37.5 Å². The number of fused-ring (bicyclic) bond motifs is 1. The van der Waals surface area contributed by atoms with E-state index in [0.29, 0.717) is 17.4 Å². The third-order valence-corrected chi connectivity index (χ3v) is 7.13. The van der Waals surface area contributed by atoms with Gasteiger partial charge in [-0.2, -0.15) is 24.5 Å². The molecule has 3 atom stereocenters. The Morgan fingerprint density at radius 3 is 2.06 bits per heavy atom. The van der Waals surface area contributed by atoms with E-state index >= 15 is 0 Å². The number of carbonyl (C=O) groups is 1. The zero-order valence-electron chi connectivity index (χ0n) is 22.5. The minimum atomic E-state index is -0.00527. The number of phenolic OH excluding ortho intramolecular Hbond substituents is 1. The third-order valence-electron chi connectivity index (χ3n) is 7.13. The predicted molar refractivity (Wildman–Crippen MR) is 145 cm³/mol. The molecular formula is C30H43KO3S-2. The van der Waals surface area contributed by atoms with Crippen molar-refractivity contribution in [2.75, 3.05) is 6.26 Å². The number of hydrogen-bond acceptors (Lipinski definition) is 4. The first-order chi connectivity index (χ1) is 16.1. The van der Waals surface area contributed by atoms with Gasteiger partial charge in [0, 0.05) is 5.75 Å². The number of rotatable bonds is 5. The fourth-order valence-corrected chi connectivity index (χ4v) is 5.23. The average molecular weight is 523 g/mol. The maximum absolute atomic E-state index is 12.6. The van der Waals surface area contributed by atoms with Gasteiger partial charge < -0.3 is 29.9 Å². The molecule has 0 bridgehead atoms. The van der Waals surface area contributed by atoms with Crippen LogP contribution in [0.2, 0.25) is 0 Å². The minimum Gasteiger partial charge on any atom is -0.796 e. The molecule has 0 amide bonds. The van der Waals surface area contributed by atoms with Crippen LogP contribution < -0.4 is 56.1 Å². The van der Waals surface area contributed by atoms with Crippen molar-refractivity contribution in [2.45, 2.75) is 77.6 Å². The van der Waals surface area contributed by atoms with Gasteiger partial charge in [-0.05, 0) is 67.6 Å². The van der Waals surface area contributed by atoms with Crippen LogP contribution in [0.25, 0.3) is 0 Å². The summed E-state index contributed by atoms with van der Waals surface area (Å²) in [4.78, 5) is 12.6. The molecular weight excluding hydrogens is 479 g/mol. The van der Waals surface area contributed by atoms with Crippen LogP contribution in [0.5, 0.6) is 11.5 Å². The van der Waals surface area contributed by atoms with Gasteiger partial charge in [-0.1, -0.05) is 51.7 Å². The smallest absolute Gasteiger partial charge is 0.796 e. The summed E-state index contributed by atoms with van der Waals surface area (Å²) in [5.74, 6) is 3.36. The topological polar surface area (TPSA) is 46.5 Å². The summed E-state index contributed by atoms with van der Waals surface area (Å²) in [5, 5.41) is 8.61. The van der Waals surface area contributed by atoms with Crippen LogP contribution >= 0.6 is 0 Å². The third kappa shape index (κ3) is 11.7. The van der Waals surface area contributed by atoms with Gasteiger partial charge in [0.25, 0.3) is 0 Å². The zero-order valence-corrected chi connectivity index (χ0v) is 26.4. The monoisotopic (exact) mass is 522 g/mol. The summed E-state index contributed by atoms with van der Waals surface area (Å²) in [6.07, 6.45) is 12.6. The number of carbonyl (C=O) groups excluding carboxylic acids is 1. The molecule has 1 N–H and O–H groups in total. The van der Waals surface area contributed by atoms with Gasteiger partial charge in [-0.15, -0.1) is 12.1 Å². The molecule has 3 unspecified atom stereocenters. The first kappa shape index (κ1) is 34.7. The molecule has 2 saturated carbocycles. The normalized spacial score (nSPS) is 20.3. The molecule has 2 aliphatic rings. The number of hydrogen-bond donors (Lipinski definition) is 1. The Balaban J connectivity index is 0.000000899. The van der Waals surface area contributed by atoms with E-state index < -0.39 is 0 Å².